The van der Waals surface area contributed by atoms with E-state index in [1.54, 1.807) is 24.3 Å². The summed E-state index contributed by atoms with van der Waals surface area (Å²) in [4.78, 5) is 36.9. The van der Waals surface area contributed by atoms with Crippen molar-refractivity contribution in [2.45, 2.75) is 13.5 Å². The van der Waals surface area contributed by atoms with Crippen LogP contribution in [0, 0.1) is 0 Å². The Kier molecular flexibility index (Phi) is 5.43. The highest BCUT2D eigenvalue weighted by Gasteiger charge is 2.15. The SMILES string of the molecule is CC(=O)NCc1ccc(C(=O)COC(=O)c2cccc3ccccc23)s1. The van der Waals surface area contributed by atoms with Gasteiger partial charge >= 0.3 is 5.97 Å². The van der Waals surface area contributed by atoms with Crippen molar-refractivity contribution in [1.29, 1.82) is 0 Å². The molecule has 1 aromatic heterocycles. The minimum absolute atomic E-state index is 0.129. The van der Waals surface area contributed by atoms with Crippen molar-refractivity contribution in [3.63, 3.8) is 0 Å². The van der Waals surface area contributed by atoms with E-state index in [1.165, 1.54) is 18.3 Å². The first-order valence-corrected chi connectivity index (χ1v) is 8.87. The third kappa shape index (κ3) is 4.15. The third-order valence-corrected chi connectivity index (χ3v) is 4.92. The summed E-state index contributed by atoms with van der Waals surface area (Å²) in [7, 11) is 0. The van der Waals surface area contributed by atoms with E-state index < -0.39 is 5.97 Å². The Bertz CT molecular complexity index is 971. The van der Waals surface area contributed by atoms with E-state index in [4.69, 9.17) is 4.74 Å². The summed E-state index contributed by atoms with van der Waals surface area (Å²) in [5.41, 5.74) is 0.438. The first kappa shape index (κ1) is 17.8. The highest BCUT2D eigenvalue weighted by molar-refractivity contribution is 7.14. The average Bonchev–Trinajstić information content (AvgIpc) is 3.13. The molecule has 1 amide bonds. The van der Waals surface area contributed by atoms with Crippen LogP contribution in [0.25, 0.3) is 10.8 Å². The first-order valence-electron chi connectivity index (χ1n) is 8.06. The number of ketones is 1. The molecule has 0 bridgehead atoms. The van der Waals surface area contributed by atoms with Crippen LogP contribution in [0.1, 0.15) is 31.8 Å². The number of nitrogens with one attached hydrogen (secondary N) is 1. The Balaban J connectivity index is 1.64. The molecule has 0 aliphatic rings. The summed E-state index contributed by atoms with van der Waals surface area (Å²) < 4.78 is 5.21. The van der Waals surface area contributed by atoms with Crippen molar-refractivity contribution < 1.29 is 19.1 Å². The molecule has 0 saturated heterocycles. The number of carbonyl (C=O) groups is 3. The number of Topliss-reactive ketones (excluding diaryl/α,β-unsaturated/α-hetero) is 1. The molecule has 0 spiro atoms. The fraction of sp³-hybridized carbons (Fsp3) is 0.150. The lowest BCUT2D eigenvalue weighted by Crippen LogP contribution is -2.18. The second kappa shape index (κ2) is 7.93. The van der Waals surface area contributed by atoms with Gasteiger partial charge < -0.3 is 10.1 Å². The van der Waals surface area contributed by atoms with E-state index in [0.29, 0.717) is 17.0 Å². The van der Waals surface area contributed by atoms with Crippen LogP contribution in [0.3, 0.4) is 0 Å². The molecule has 0 saturated carbocycles. The van der Waals surface area contributed by atoms with E-state index in [1.807, 2.05) is 30.3 Å². The van der Waals surface area contributed by atoms with Gasteiger partial charge in [-0.15, -0.1) is 11.3 Å². The summed E-state index contributed by atoms with van der Waals surface area (Å²) in [6.07, 6.45) is 0. The van der Waals surface area contributed by atoms with Crippen LogP contribution < -0.4 is 5.32 Å². The number of carbonyl (C=O) groups excluding carboxylic acids is 3. The van der Waals surface area contributed by atoms with Crippen LogP contribution >= 0.6 is 11.3 Å². The van der Waals surface area contributed by atoms with E-state index in [-0.39, 0.29) is 18.3 Å². The van der Waals surface area contributed by atoms with Crippen molar-refractivity contribution in [2.24, 2.45) is 0 Å². The fourth-order valence-electron chi connectivity index (χ4n) is 2.52. The Morgan fingerprint density at radius 2 is 1.77 bits per heavy atom. The van der Waals surface area contributed by atoms with Gasteiger partial charge in [-0.3, -0.25) is 9.59 Å². The van der Waals surface area contributed by atoms with Gasteiger partial charge in [0.25, 0.3) is 0 Å². The Morgan fingerprint density at radius 1 is 1.00 bits per heavy atom. The van der Waals surface area contributed by atoms with Crippen molar-refractivity contribution >= 4 is 39.8 Å². The largest absolute Gasteiger partial charge is 0.454 e. The van der Waals surface area contributed by atoms with Crippen LogP contribution in [-0.2, 0) is 16.1 Å². The normalized spacial score (nSPS) is 10.5. The van der Waals surface area contributed by atoms with Gasteiger partial charge in [0.2, 0.25) is 11.7 Å². The van der Waals surface area contributed by atoms with Crippen LogP contribution in [0.5, 0.6) is 0 Å². The van der Waals surface area contributed by atoms with Gasteiger partial charge in [0, 0.05) is 11.8 Å². The minimum Gasteiger partial charge on any atom is -0.454 e. The van der Waals surface area contributed by atoms with E-state index in [0.717, 1.165) is 15.6 Å². The van der Waals surface area contributed by atoms with Crippen molar-refractivity contribution in [3.8, 4) is 0 Å². The zero-order valence-corrected chi connectivity index (χ0v) is 15.0. The molecule has 6 heteroatoms. The maximum absolute atomic E-state index is 12.4. The molecule has 3 aromatic rings. The molecule has 1 N–H and O–H groups in total. The molecule has 2 aromatic carbocycles. The number of thiophene rings is 1. The summed E-state index contributed by atoms with van der Waals surface area (Å²) >= 11 is 1.28. The maximum atomic E-state index is 12.4. The minimum atomic E-state index is -0.523. The predicted molar refractivity (Wildman–Crippen MR) is 100 cm³/mol. The number of esters is 1. The van der Waals surface area contributed by atoms with E-state index in [2.05, 4.69) is 5.32 Å². The molecule has 0 aliphatic carbocycles. The number of hydrogen-bond donors (Lipinski definition) is 1. The van der Waals surface area contributed by atoms with Gasteiger partial charge in [-0.2, -0.15) is 0 Å². The number of amides is 1. The van der Waals surface area contributed by atoms with Crippen LogP contribution in [0.4, 0.5) is 0 Å². The van der Waals surface area contributed by atoms with Crippen molar-refractivity contribution in [1.82, 2.24) is 5.32 Å². The molecular formula is C20H17NO4S. The molecule has 26 heavy (non-hydrogen) atoms. The van der Waals surface area contributed by atoms with Crippen molar-refractivity contribution in [2.75, 3.05) is 6.61 Å². The Hall–Kier alpha value is -2.99. The quantitative estimate of drug-likeness (QED) is 0.534. The van der Waals surface area contributed by atoms with E-state index in [9.17, 15) is 14.4 Å². The highest BCUT2D eigenvalue weighted by atomic mass is 32.1. The smallest absolute Gasteiger partial charge is 0.339 e. The lowest BCUT2D eigenvalue weighted by atomic mass is 10.1. The zero-order chi connectivity index (χ0) is 18.5. The Labute approximate surface area is 154 Å². The molecule has 0 radical (unpaired) electrons. The maximum Gasteiger partial charge on any atom is 0.339 e. The number of benzene rings is 2. The first-order chi connectivity index (χ1) is 12.5. The summed E-state index contributed by atoms with van der Waals surface area (Å²) in [6, 6.07) is 16.4. The molecule has 0 unspecified atom stereocenters. The average molecular weight is 367 g/mol. The molecule has 132 valence electrons. The van der Waals surface area contributed by atoms with Gasteiger partial charge in [0.1, 0.15) is 0 Å². The second-order valence-electron chi connectivity index (χ2n) is 5.70. The zero-order valence-electron chi connectivity index (χ0n) is 14.2. The molecular weight excluding hydrogens is 350 g/mol. The third-order valence-electron chi connectivity index (χ3n) is 3.79. The van der Waals surface area contributed by atoms with Gasteiger partial charge in [0.05, 0.1) is 17.0 Å². The fourth-order valence-corrected chi connectivity index (χ4v) is 3.39. The number of rotatable bonds is 6. The van der Waals surface area contributed by atoms with Crippen molar-refractivity contribution in [3.05, 3.63) is 69.9 Å². The van der Waals surface area contributed by atoms with Gasteiger partial charge in [0.15, 0.2) is 6.61 Å². The van der Waals surface area contributed by atoms with Crippen LogP contribution in [-0.4, -0.2) is 24.3 Å². The lowest BCUT2D eigenvalue weighted by molar-refractivity contribution is -0.119. The predicted octanol–water partition coefficient (Wildman–Crippen LogP) is 3.58. The molecule has 0 atom stereocenters. The van der Waals surface area contributed by atoms with Gasteiger partial charge in [-0.05, 0) is 29.0 Å². The highest BCUT2D eigenvalue weighted by Crippen LogP contribution is 2.20. The molecule has 0 fully saturated rings. The molecule has 0 aliphatic heterocycles. The molecule has 1 heterocycles. The molecule has 3 rings (SSSR count). The Morgan fingerprint density at radius 3 is 2.58 bits per heavy atom. The van der Waals surface area contributed by atoms with Crippen LogP contribution in [0.2, 0.25) is 0 Å². The number of hydrogen-bond acceptors (Lipinski definition) is 5. The van der Waals surface area contributed by atoms with Gasteiger partial charge in [-0.1, -0.05) is 36.4 Å². The van der Waals surface area contributed by atoms with Gasteiger partial charge in [-0.25, -0.2) is 4.79 Å². The monoisotopic (exact) mass is 367 g/mol. The second-order valence-corrected chi connectivity index (χ2v) is 6.87. The number of fused-ring (bicyclic) bond motifs is 1. The summed E-state index contributed by atoms with van der Waals surface area (Å²) in [6.45, 7) is 1.50. The number of ether oxygens (including phenoxy) is 1. The summed E-state index contributed by atoms with van der Waals surface area (Å²) in [5.74, 6) is -0.918. The van der Waals surface area contributed by atoms with E-state index >= 15 is 0 Å². The molecule has 5 nitrogen and oxygen atoms in total. The van der Waals surface area contributed by atoms with Crippen LogP contribution in [0.15, 0.2) is 54.6 Å². The summed E-state index contributed by atoms with van der Waals surface area (Å²) in [5, 5.41) is 4.41. The standard InChI is InChI=1S/C20H17NO4S/c1-13(22)21-11-15-9-10-19(26-15)18(23)12-25-20(24)17-8-4-6-14-5-2-3-7-16(14)17/h2-10H,11-12H2,1H3,(H,21,22). The topological polar surface area (TPSA) is 72.5 Å². The lowest BCUT2D eigenvalue weighted by Gasteiger charge is -2.06.